The molecule has 0 aliphatic carbocycles. The Bertz CT molecular complexity index is 160. The van der Waals surface area contributed by atoms with E-state index in [-0.39, 0.29) is 26.1 Å². The molecular formula is C11H21F3O2. The molecule has 1 unspecified atom stereocenters. The molecule has 0 radical (unpaired) electrons. The first-order valence-corrected chi connectivity index (χ1v) is 5.81. The summed E-state index contributed by atoms with van der Waals surface area (Å²) < 4.78 is 42.1. The van der Waals surface area contributed by atoms with Crippen LogP contribution in [0.15, 0.2) is 0 Å². The molecule has 1 N–H and O–H groups in total. The third-order valence-corrected chi connectivity index (χ3v) is 2.31. The van der Waals surface area contributed by atoms with Gasteiger partial charge in [-0.15, -0.1) is 0 Å². The molecule has 98 valence electrons. The minimum Gasteiger partial charge on any atom is -0.396 e. The molecule has 0 aromatic rings. The van der Waals surface area contributed by atoms with E-state index >= 15 is 0 Å². The van der Waals surface area contributed by atoms with Gasteiger partial charge in [0.05, 0.1) is 0 Å². The maximum Gasteiger partial charge on any atom is 0.414 e. The van der Waals surface area contributed by atoms with E-state index in [9.17, 15) is 13.2 Å². The highest BCUT2D eigenvalue weighted by Gasteiger charge is 2.39. The van der Waals surface area contributed by atoms with Crippen LogP contribution in [-0.2, 0) is 4.74 Å². The number of alkyl halides is 3. The number of halogens is 3. The zero-order valence-corrected chi connectivity index (χ0v) is 9.72. The van der Waals surface area contributed by atoms with Crippen molar-refractivity contribution >= 4 is 0 Å². The second-order valence-electron chi connectivity index (χ2n) is 3.83. The largest absolute Gasteiger partial charge is 0.414 e. The first-order valence-electron chi connectivity index (χ1n) is 5.81. The maximum atomic E-state index is 12.5. The van der Waals surface area contributed by atoms with Crippen LogP contribution in [0.1, 0.15) is 45.4 Å². The molecular weight excluding hydrogens is 221 g/mol. The molecule has 0 heterocycles. The number of rotatable bonds is 9. The van der Waals surface area contributed by atoms with Crippen molar-refractivity contribution in [2.75, 3.05) is 13.2 Å². The van der Waals surface area contributed by atoms with Gasteiger partial charge in [0.2, 0.25) is 0 Å². The Kier molecular flexibility index (Phi) is 8.66. The van der Waals surface area contributed by atoms with Gasteiger partial charge in [-0.2, -0.15) is 13.2 Å². The lowest BCUT2D eigenvalue weighted by atomic mass is 10.1. The summed E-state index contributed by atoms with van der Waals surface area (Å²) in [6, 6.07) is 0. The molecule has 0 amide bonds. The fourth-order valence-electron chi connectivity index (χ4n) is 1.39. The van der Waals surface area contributed by atoms with Gasteiger partial charge in [-0.3, -0.25) is 0 Å². The summed E-state index contributed by atoms with van der Waals surface area (Å²) in [6.07, 6.45) is -2.37. The summed E-state index contributed by atoms with van der Waals surface area (Å²) in [5.41, 5.74) is 0. The first-order chi connectivity index (χ1) is 7.52. The lowest BCUT2D eigenvalue weighted by Gasteiger charge is -2.20. The van der Waals surface area contributed by atoms with Crippen LogP contribution >= 0.6 is 0 Å². The average molecular weight is 242 g/mol. The fraction of sp³-hybridized carbons (Fsp3) is 1.00. The van der Waals surface area contributed by atoms with Gasteiger partial charge >= 0.3 is 6.18 Å². The lowest BCUT2D eigenvalue weighted by molar-refractivity contribution is -0.223. The Labute approximate surface area is 94.8 Å². The van der Waals surface area contributed by atoms with Gasteiger partial charge < -0.3 is 9.84 Å². The molecule has 1 atom stereocenters. The molecule has 0 aliphatic rings. The van der Waals surface area contributed by atoms with E-state index in [1.807, 2.05) is 6.92 Å². The normalized spacial score (nSPS) is 14.1. The van der Waals surface area contributed by atoms with E-state index < -0.39 is 12.3 Å². The summed E-state index contributed by atoms with van der Waals surface area (Å²) >= 11 is 0. The Morgan fingerprint density at radius 1 is 1.12 bits per heavy atom. The smallest absolute Gasteiger partial charge is 0.396 e. The van der Waals surface area contributed by atoms with E-state index in [4.69, 9.17) is 9.84 Å². The van der Waals surface area contributed by atoms with Gasteiger partial charge in [0.25, 0.3) is 0 Å². The van der Waals surface area contributed by atoms with Crippen LogP contribution in [0, 0.1) is 0 Å². The van der Waals surface area contributed by atoms with Crippen molar-refractivity contribution in [3.63, 3.8) is 0 Å². The van der Waals surface area contributed by atoms with Gasteiger partial charge in [-0.05, 0) is 12.8 Å². The zero-order valence-electron chi connectivity index (χ0n) is 9.72. The second-order valence-corrected chi connectivity index (χ2v) is 3.83. The van der Waals surface area contributed by atoms with Crippen LogP contribution in [0.25, 0.3) is 0 Å². The highest BCUT2D eigenvalue weighted by molar-refractivity contribution is 4.67. The van der Waals surface area contributed by atoms with E-state index in [1.54, 1.807) is 0 Å². The van der Waals surface area contributed by atoms with Crippen LogP contribution < -0.4 is 0 Å². The predicted molar refractivity (Wildman–Crippen MR) is 56.3 cm³/mol. The predicted octanol–water partition coefficient (Wildman–Crippen LogP) is 3.29. The minimum atomic E-state index is -4.29. The Balaban J connectivity index is 3.82. The fourth-order valence-corrected chi connectivity index (χ4v) is 1.39. The van der Waals surface area contributed by atoms with E-state index in [1.165, 1.54) is 0 Å². The molecule has 0 saturated heterocycles. The summed E-state index contributed by atoms with van der Waals surface area (Å²) in [5, 5.41) is 8.47. The summed E-state index contributed by atoms with van der Waals surface area (Å²) in [4.78, 5) is 0. The second kappa shape index (κ2) is 8.82. The number of aliphatic hydroxyl groups is 1. The molecule has 2 nitrogen and oxygen atoms in total. The van der Waals surface area contributed by atoms with Crippen LogP contribution in [0.5, 0.6) is 0 Å². The third-order valence-electron chi connectivity index (χ3n) is 2.31. The van der Waals surface area contributed by atoms with Crippen LogP contribution in [0.4, 0.5) is 13.2 Å². The quantitative estimate of drug-likeness (QED) is 0.629. The van der Waals surface area contributed by atoms with Crippen molar-refractivity contribution in [3.8, 4) is 0 Å². The SMILES string of the molecule is CCCCCCC(OCCCO)C(F)(F)F. The Morgan fingerprint density at radius 3 is 2.31 bits per heavy atom. The summed E-state index contributed by atoms with van der Waals surface area (Å²) in [6.45, 7) is 1.84. The number of hydrogen-bond donors (Lipinski definition) is 1. The topological polar surface area (TPSA) is 29.5 Å². The van der Waals surface area contributed by atoms with Crippen molar-refractivity contribution < 1.29 is 23.0 Å². The number of hydrogen-bond acceptors (Lipinski definition) is 2. The number of aliphatic hydroxyl groups excluding tert-OH is 1. The minimum absolute atomic E-state index is 0.0227. The van der Waals surface area contributed by atoms with E-state index in [0.717, 1.165) is 19.3 Å². The molecule has 0 aromatic heterocycles. The van der Waals surface area contributed by atoms with Gasteiger partial charge in [0.15, 0.2) is 6.10 Å². The van der Waals surface area contributed by atoms with Gasteiger partial charge in [-0.1, -0.05) is 32.6 Å². The van der Waals surface area contributed by atoms with Crippen molar-refractivity contribution in [2.45, 2.75) is 57.7 Å². The third kappa shape index (κ3) is 7.93. The van der Waals surface area contributed by atoms with Crippen molar-refractivity contribution in [3.05, 3.63) is 0 Å². The van der Waals surface area contributed by atoms with Gasteiger partial charge in [0, 0.05) is 13.2 Å². The molecule has 0 aliphatic heterocycles. The summed E-state index contributed by atoms with van der Waals surface area (Å²) in [7, 11) is 0. The Morgan fingerprint density at radius 2 is 1.81 bits per heavy atom. The monoisotopic (exact) mass is 242 g/mol. The van der Waals surface area contributed by atoms with Gasteiger partial charge in [0.1, 0.15) is 0 Å². The molecule has 16 heavy (non-hydrogen) atoms. The number of unbranched alkanes of at least 4 members (excludes halogenated alkanes) is 3. The molecule has 0 aromatic carbocycles. The molecule has 0 saturated carbocycles. The van der Waals surface area contributed by atoms with Crippen molar-refractivity contribution in [1.82, 2.24) is 0 Å². The van der Waals surface area contributed by atoms with Crippen molar-refractivity contribution in [2.24, 2.45) is 0 Å². The molecule has 0 fully saturated rings. The molecule has 0 bridgehead atoms. The highest BCUT2D eigenvalue weighted by atomic mass is 19.4. The Hall–Kier alpha value is -0.290. The summed E-state index contributed by atoms with van der Waals surface area (Å²) in [5.74, 6) is 0. The van der Waals surface area contributed by atoms with Crippen LogP contribution in [-0.4, -0.2) is 30.6 Å². The van der Waals surface area contributed by atoms with Crippen LogP contribution in [0.2, 0.25) is 0 Å². The van der Waals surface area contributed by atoms with Crippen LogP contribution in [0.3, 0.4) is 0 Å². The number of ether oxygens (including phenoxy) is 1. The maximum absolute atomic E-state index is 12.5. The van der Waals surface area contributed by atoms with E-state index in [0.29, 0.717) is 6.42 Å². The molecule has 0 rings (SSSR count). The zero-order chi connectivity index (χ0) is 12.4. The van der Waals surface area contributed by atoms with Crippen molar-refractivity contribution in [1.29, 1.82) is 0 Å². The molecule has 5 heteroatoms. The first kappa shape index (κ1) is 15.7. The van der Waals surface area contributed by atoms with Gasteiger partial charge in [-0.25, -0.2) is 0 Å². The lowest BCUT2D eigenvalue weighted by Crippen LogP contribution is -2.32. The average Bonchev–Trinajstić information content (AvgIpc) is 2.20. The standard InChI is InChI=1S/C11H21F3O2/c1-2-3-4-5-7-10(11(12,13)14)16-9-6-8-15/h10,15H,2-9H2,1H3. The highest BCUT2D eigenvalue weighted by Crippen LogP contribution is 2.27. The molecule has 0 spiro atoms. The van der Waals surface area contributed by atoms with E-state index in [2.05, 4.69) is 0 Å².